The molecule has 0 amide bonds. The quantitative estimate of drug-likeness (QED) is 0.649. The van der Waals surface area contributed by atoms with Gasteiger partial charge in [-0.1, -0.05) is 6.58 Å². The Hall–Kier alpha value is -2.19. The molecule has 0 aromatic carbocycles. The topological polar surface area (TPSA) is 101 Å². The number of aromatic nitrogens is 3. The van der Waals surface area contributed by atoms with Crippen molar-refractivity contribution in [3.8, 4) is 0 Å². The maximum absolute atomic E-state index is 8.45. The molecule has 1 fully saturated rings. The van der Waals surface area contributed by atoms with Crippen LogP contribution < -0.4 is 16.4 Å². The van der Waals surface area contributed by atoms with Crippen LogP contribution in [0.25, 0.3) is 16.7 Å². The van der Waals surface area contributed by atoms with Crippen molar-refractivity contribution in [3.63, 3.8) is 0 Å². The Balaban J connectivity index is 0.000000386. The van der Waals surface area contributed by atoms with Crippen LogP contribution in [0.15, 0.2) is 30.1 Å². The normalized spacial score (nSPS) is 14.5. The van der Waals surface area contributed by atoms with Crippen LogP contribution in [0.3, 0.4) is 0 Å². The third-order valence-corrected chi connectivity index (χ3v) is 4.46. The molecule has 0 aliphatic heterocycles. The van der Waals surface area contributed by atoms with Crippen molar-refractivity contribution in [2.24, 2.45) is 0 Å². The largest absolute Gasteiger partial charge is 0.393 e. The summed E-state index contributed by atoms with van der Waals surface area (Å²) in [5.74, 6) is 0.891. The van der Waals surface area contributed by atoms with E-state index < -0.39 is 0 Å². The Kier molecular flexibility index (Phi) is 6.72. The number of hydrogen-bond donors (Lipinski definition) is 4. The van der Waals surface area contributed by atoms with Gasteiger partial charge in [0.1, 0.15) is 5.52 Å². The second kappa shape index (κ2) is 8.77. The minimum Gasteiger partial charge on any atom is -0.393 e. The molecule has 0 unspecified atom stereocenters. The number of hydrogen-bond acceptors (Lipinski definition) is 7. The third kappa shape index (κ3) is 4.90. The molecule has 0 bridgehead atoms. The van der Waals surface area contributed by atoms with E-state index >= 15 is 0 Å². The van der Waals surface area contributed by atoms with Crippen molar-refractivity contribution in [2.45, 2.75) is 32.3 Å². The molecule has 0 spiro atoms. The summed E-state index contributed by atoms with van der Waals surface area (Å²) in [7, 11) is 1.85. The number of aliphatic hydroxyl groups is 1. The van der Waals surface area contributed by atoms with Gasteiger partial charge in [0.2, 0.25) is 5.95 Å². The zero-order chi connectivity index (χ0) is 18.4. The van der Waals surface area contributed by atoms with Crippen LogP contribution in [0, 0.1) is 0 Å². The molecule has 0 radical (unpaired) electrons. The van der Waals surface area contributed by atoms with E-state index in [-0.39, 0.29) is 6.10 Å². The third-order valence-electron chi connectivity index (χ3n) is 3.87. The SMILES string of the molecule is C=C(Nc1nc(N)c2c(ccn2/C(C)=C/NC)n1)SC.OC1CCC1. The van der Waals surface area contributed by atoms with Crippen LogP contribution >= 0.6 is 11.8 Å². The van der Waals surface area contributed by atoms with E-state index in [2.05, 4.69) is 27.2 Å². The molecular formula is C17H26N6OS. The van der Waals surface area contributed by atoms with E-state index in [1.165, 1.54) is 18.2 Å². The first-order valence-corrected chi connectivity index (χ1v) is 9.35. The molecular weight excluding hydrogens is 336 g/mol. The lowest BCUT2D eigenvalue weighted by Gasteiger charge is -2.17. The first-order chi connectivity index (χ1) is 12.0. The minimum absolute atomic E-state index is 0.0648. The fraction of sp³-hybridized carbons (Fsp3) is 0.412. The van der Waals surface area contributed by atoms with Gasteiger partial charge < -0.3 is 26.0 Å². The Bertz CT molecular complexity index is 766. The van der Waals surface area contributed by atoms with Gasteiger partial charge in [-0.25, -0.2) is 4.98 Å². The molecule has 5 N–H and O–H groups in total. The molecule has 136 valence electrons. The zero-order valence-corrected chi connectivity index (χ0v) is 15.7. The highest BCUT2D eigenvalue weighted by atomic mass is 32.2. The number of allylic oxidation sites excluding steroid dienone is 1. The lowest BCUT2D eigenvalue weighted by Crippen LogP contribution is -2.15. The monoisotopic (exact) mass is 362 g/mol. The van der Waals surface area contributed by atoms with Gasteiger partial charge in [0.25, 0.3) is 0 Å². The van der Waals surface area contributed by atoms with E-state index in [0.29, 0.717) is 11.8 Å². The van der Waals surface area contributed by atoms with Gasteiger partial charge in [0.05, 0.1) is 16.6 Å². The smallest absolute Gasteiger partial charge is 0.230 e. The number of thioether (sulfide) groups is 1. The summed E-state index contributed by atoms with van der Waals surface area (Å²) in [6, 6.07) is 1.91. The van der Waals surface area contributed by atoms with Crippen molar-refractivity contribution in [2.75, 3.05) is 24.4 Å². The van der Waals surface area contributed by atoms with E-state index in [1.54, 1.807) is 0 Å². The molecule has 8 heteroatoms. The number of aliphatic hydroxyl groups excluding tert-OH is 1. The Morgan fingerprint density at radius 2 is 2.16 bits per heavy atom. The molecule has 2 heterocycles. The maximum atomic E-state index is 8.45. The lowest BCUT2D eigenvalue weighted by molar-refractivity contribution is 0.0950. The Morgan fingerprint density at radius 3 is 2.68 bits per heavy atom. The summed E-state index contributed by atoms with van der Waals surface area (Å²) in [6.07, 6.45) is 9.13. The number of nitrogen functional groups attached to an aromatic ring is 1. The average molecular weight is 363 g/mol. The lowest BCUT2D eigenvalue weighted by atomic mass is 9.97. The maximum Gasteiger partial charge on any atom is 0.230 e. The van der Waals surface area contributed by atoms with Crippen molar-refractivity contribution >= 4 is 40.3 Å². The first-order valence-electron chi connectivity index (χ1n) is 8.13. The molecule has 1 aliphatic rings. The molecule has 2 aromatic heterocycles. The molecule has 2 aromatic rings. The van der Waals surface area contributed by atoms with Gasteiger partial charge in [-0.15, -0.1) is 11.8 Å². The van der Waals surface area contributed by atoms with Gasteiger partial charge in [0, 0.05) is 25.1 Å². The number of nitrogens with zero attached hydrogens (tertiary/aromatic N) is 3. The average Bonchev–Trinajstić information content (AvgIpc) is 2.98. The second-order valence-electron chi connectivity index (χ2n) is 5.76. The number of anilines is 2. The minimum atomic E-state index is 0.0648. The molecule has 0 saturated heterocycles. The van der Waals surface area contributed by atoms with E-state index in [1.807, 2.05) is 43.3 Å². The second-order valence-corrected chi connectivity index (χ2v) is 6.66. The van der Waals surface area contributed by atoms with Crippen LogP contribution in [0.1, 0.15) is 26.2 Å². The predicted molar refractivity (Wildman–Crippen MR) is 107 cm³/mol. The standard InChI is InChI=1S/C13H18N6S.C4H8O/c1-8(7-15-3)19-6-5-10-11(19)12(14)18-13(17-10)16-9(2)20-4;5-4-2-1-3-4/h5-7,15H,2H2,1,3-4H3,(H3,14,16,17,18);4-5H,1-3H2/b8-7+;. The number of rotatable bonds is 5. The van der Waals surface area contributed by atoms with Gasteiger partial charge in [-0.3, -0.25) is 0 Å². The van der Waals surface area contributed by atoms with Crippen molar-refractivity contribution < 1.29 is 5.11 Å². The van der Waals surface area contributed by atoms with Crippen molar-refractivity contribution in [1.29, 1.82) is 0 Å². The molecule has 7 nitrogen and oxygen atoms in total. The van der Waals surface area contributed by atoms with Gasteiger partial charge in [-0.05, 0) is 38.5 Å². The molecule has 1 saturated carbocycles. The highest BCUT2D eigenvalue weighted by Gasteiger charge is 2.12. The van der Waals surface area contributed by atoms with Crippen LogP contribution in [-0.2, 0) is 0 Å². The summed E-state index contributed by atoms with van der Waals surface area (Å²) in [5.41, 5.74) is 8.65. The van der Waals surface area contributed by atoms with Crippen molar-refractivity contribution in [3.05, 3.63) is 30.1 Å². The summed E-state index contributed by atoms with van der Waals surface area (Å²) in [5, 5.41) is 15.2. The van der Waals surface area contributed by atoms with Gasteiger partial charge >= 0.3 is 0 Å². The summed E-state index contributed by atoms with van der Waals surface area (Å²) >= 11 is 1.50. The highest BCUT2D eigenvalue weighted by Crippen LogP contribution is 2.24. The summed E-state index contributed by atoms with van der Waals surface area (Å²) in [6.45, 7) is 5.83. The Morgan fingerprint density at radius 1 is 1.48 bits per heavy atom. The van der Waals surface area contributed by atoms with Crippen LogP contribution in [0.5, 0.6) is 0 Å². The highest BCUT2D eigenvalue weighted by molar-refractivity contribution is 8.02. The van der Waals surface area contributed by atoms with Crippen LogP contribution in [0.2, 0.25) is 0 Å². The van der Waals surface area contributed by atoms with Crippen molar-refractivity contribution in [1.82, 2.24) is 19.9 Å². The number of fused-ring (bicyclic) bond motifs is 1. The zero-order valence-electron chi connectivity index (χ0n) is 14.9. The van der Waals surface area contributed by atoms with Crippen LogP contribution in [0.4, 0.5) is 11.8 Å². The molecule has 3 rings (SSSR count). The fourth-order valence-corrected chi connectivity index (χ4v) is 2.46. The molecule has 25 heavy (non-hydrogen) atoms. The Labute approximate surface area is 152 Å². The fourth-order valence-electron chi connectivity index (χ4n) is 2.26. The molecule has 1 aliphatic carbocycles. The number of nitrogens with two attached hydrogens (primary N) is 1. The van der Waals surface area contributed by atoms with Gasteiger partial charge in [0.15, 0.2) is 5.82 Å². The predicted octanol–water partition coefficient (Wildman–Crippen LogP) is 2.83. The summed E-state index contributed by atoms with van der Waals surface area (Å²) < 4.78 is 1.95. The van der Waals surface area contributed by atoms with E-state index in [0.717, 1.165) is 34.6 Å². The summed E-state index contributed by atoms with van der Waals surface area (Å²) in [4.78, 5) is 8.72. The molecule has 0 atom stereocenters. The number of nitrogens with one attached hydrogen (secondary N) is 2. The van der Waals surface area contributed by atoms with E-state index in [9.17, 15) is 0 Å². The van der Waals surface area contributed by atoms with E-state index in [4.69, 9.17) is 10.8 Å². The van der Waals surface area contributed by atoms with Crippen LogP contribution in [-0.4, -0.2) is 39.0 Å². The first kappa shape index (κ1) is 19.1. The van der Waals surface area contributed by atoms with Gasteiger partial charge in [-0.2, -0.15) is 4.98 Å².